The van der Waals surface area contributed by atoms with Crippen molar-refractivity contribution in [3.8, 4) is 11.5 Å². The second kappa shape index (κ2) is 10.5. The average molecular weight is 436 g/mol. The molecule has 0 spiro atoms. The molecule has 1 saturated heterocycles. The van der Waals surface area contributed by atoms with Gasteiger partial charge in [0.05, 0.1) is 13.2 Å². The lowest BCUT2D eigenvalue weighted by atomic mass is 10.2. The summed E-state index contributed by atoms with van der Waals surface area (Å²) in [5.74, 6) is 0.951. The van der Waals surface area contributed by atoms with Crippen molar-refractivity contribution >= 4 is 35.2 Å². The highest BCUT2D eigenvalue weighted by Gasteiger charge is 2.15. The van der Waals surface area contributed by atoms with E-state index in [9.17, 15) is 4.79 Å². The fourth-order valence-corrected chi connectivity index (χ4v) is 3.48. The van der Waals surface area contributed by atoms with Crippen LogP contribution in [0.1, 0.15) is 24.0 Å². The van der Waals surface area contributed by atoms with Crippen LogP contribution in [0.25, 0.3) is 6.08 Å². The molecule has 0 aromatic heterocycles. The van der Waals surface area contributed by atoms with Gasteiger partial charge in [-0.15, -0.1) is 0 Å². The number of rotatable bonds is 8. The molecule has 29 heavy (non-hydrogen) atoms. The van der Waals surface area contributed by atoms with Gasteiger partial charge in [-0.1, -0.05) is 35.3 Å². The van der Waals surface area contributed by atoms with E-state index >= 15 is 0 Å². The molecule has 0 aliphatic carbocycles. The maximum atomic E-state index is 12.0. The number of benzene rings is 2. The standard InChI is InChI=1S/C22H23Cl2NO4/c1-27-21-12-15(8-10-22(26)25-13-16-4-3-11-28-16)7-9-20(21)29-14-17-18(23)5-2-6-19(17)24/h2,5-10,12,16H,3-4,11,13-14H2,1H3,(H,25,26)/b10-8+. The van der Waals surface area contributed by atoms with Gasteiger partial charge in [0, 0.05) is 34.8 Å². The van der Waals surface area contributed by atoms with Crippen LogP contribution in [0.15, 0.2) is 42.5 Å². The molecule has 5 nitrogen and oxygen atoms in total. The first-order valence-corrected chi connectivity index (χ1v) is 10.1. The van der Waals surface area contributed by atoms with Crippen LogP contribution in [0.5, 0.6) is 11.5 Å². The van der Waals surface area contributed by atoms with E-state index in [-0.39, 0.29) is 18.6 Å². The number of methoxy groups -OCH3 is 1. The third kappa shape index (κ3) is 6.13. The van der Waals surface area contributed by atoms with Crippen molar-refractivity contribution in [3.63, 3.8) is 0 Å². The molecular formula is C22H23Cl2NO4. The van der Waals surface area contributed by atoms with E-state index in [2.05, 4.69) is 5.32 Å². The Bertz CT molecular complexity index is 859. The zero-order valence-corrected chi connectivity index (χ0v) is 17.6. The number of hydrogen-bond acceptors (Lipinski definition) is 4. The van der Waals surface area contributed by atoms with Gasteiger partial charge in [0.15, 0.2) is 11.5 Å². The summed E-state index contributed by atoms with van der Waals surface area (Å²) in [5, 5.41) is 3.94. The molecule has 1 fully saturated rings. The normalized spacial score (nSPS) is 16.2. The third-order valence-corrected chi connectivity index (χ3v) is 5.28. The number of hydrogen-bond donors (Lipinski definition) is 1. The summed E-state index contributed by atoms with van der Waals surface area (Å²) >= 11 is 12.4. The minimum atomic E-state index is -0.159. The first kappa shape index (κ1) is 21.5. The maximum Gasteiger partial charge on any atom is 0.244 e. The summed E-state index contributed by atoms with van der Waals surface area (Å²) < 4.78 is 16.7. The van der Waals surface area contributed by atoms with Crippen molar-refractivity contribution in [1.82, 2.24) is 5.32 Å². The molecule has 0 bridgehead atoms. The molecule has 1 unspecified atom stereocenters. The molecule has 7 heteroatoms. The highest BCUT2D eigenvalue weighted by molar-refractivity contribution is 6.35. The van der Waals surface area contributed by atoms with Crippen LogP contribution in [-0.2, 0) is 16.1 Å². The second-order valence-electron chi connectivity index (χ2n) is 6.61. The molecule has 1 atom stereocenters. The molecule has 1 amide bonds. The predicted molar refractivity (Wildman–Crippen MR) is 115 cm³/mol. The zero-order valence-electron chi connectivity index (χ0n) is 16.1. The number of halogens is 2. The molecule has 1 heterocycles. The van der Waals surface area contributed by atoms with E-state index in [1.807, 2.05) is 6.07 Å². The molecule has 2 aromatic rings. The monoisotopic (exact) mass is 435 g/mol. The predicted octanol–water partition coefficient (Wildman–Crippen LogP) is 4.89. The van der Waals surface area contributed by atoms with Crippen LogP contribution < -0.4 is 14.8 Å². The number of nitrogens with one attached hydrogen (secondary N) is 1. The molecule has 154 valence electrons. The fraction of sp³-hybridized carbons (Fsp3) is 0.318. The Balaban J connectivity index is 1.59. The summed E-state index contributed by atoms with van der Waals surface area (Å²) in [6, 6.07) is 10.7. The van der Waals surface area contributed by atoms with Crippen LogP contribution in [-0.4, -0.2) is 32.3 Å². The van der Waals surface area contributed by atoms with Crippen molar-refractivity contribution in [2.45, 2.75) is 25.6 Å². The van der Waals surface area contributed by atoms with Crippen LogP contribution in [0.3, 0.4) is 0 Å². The first-order chi connectivity index (χ1) is 14.1. The van der Waals surface area contributed by atoms with Gasteiger partial charge in [0.25, 0.3) is 0 Å². The quantitative estimate of drug-likeness (QED) is 0.599. The highest BCUT2D eigenvalue weighted by Crippen LogP contribution is 2.31. The smallest absolute Gasteiger partial charge is 0.244 e. The Morgan fingerprint density at radius 1 is 1.24 bits per heavy atom. The number of carbonyl (C=O) groups excluding carboxylic acids is 1. The molecule has 1 N–H and O–H groups in total. The summed E-state index contributed by atoms with van der Waals surface area (Å²) in [6.07, 6.45) is 5.38. The molecular weight excluding hydrogens is 413 g/mol. The number of ether oxygens (including phenoxy) is 3. The van der Waals surface area contributed by atoms with E-state index < -0.39 is 0 Å². The maximum absolute atomic E-state index is 12.0. The van der Waals surface area contributed by atoms with Gasteiger partial charge in [0.2, 0.25) is 5.91 Å². The van der Waals surface area contributed by atoms with E-state index in [1.165, 1.54) is 6.08 Å². The van der Waals surface area contributed by atoms with Gasteiger partial charge in [-0.05, 0) is 48.7 Å². The van der Waals surface area contributed by atoms with Crippen molar-refractivity contribution in [2.24, 2.45) is 0 Å². The Kier molecular flexibility index (Phi) is 7.81. The minimum Gasteiger partial charge on any atom is -0.493 e. The van der Waals surface area contributed by atoms with Crippen LogP contribution in [0, 0.1) is 0 Å². The van der Waals surface area contributed by atoms with E-state index in [1.54, 1.807) is 43.5 Å². The van der Waals surface area contributed by atoms with Gasteiger partial charge in [-0.3, -0.25) is 4.79 Å². The topological polar surface area (TPSA) is 56.8 Å². The summed E-state index contributed by atoms with van der Waals surface area (Å²) in [5.41, 5.74) is 1.53. The first-order valence-electron chi connectivity index (χ1n) is 9.38. The largest absolute Gasteiger partial charge is 0.493 e. The minimum absolute atomic E-state index is 0.121. The molecule has 0 saturated carbocycles. The summed E-state index contributed by atoms with van der Waals surface area (Å²) in [4.78, 5) is 12.0. The SMILES string of the molecule is COc1cc(/C=C/C(=O)NCC2CCCO2)ccc1OCc1c(Cl)cccc1Cl. The lowest BCUT2D eigenvalue weighted by molar-refractivity contribution is -0.116. The number of amides is 1. The van der Waals surface area contributed by atoms with E-state index in [0.717, 1.165) is 25.0 Å². The van der Waals surface area contributed by atoms with Crippen LogP contribution in [0.2, 0.25) is 10.0 Å². The van der Waals surface area contributed by atoms with Crippen LogP contribution in [0.4, 0.5) is 0 Å². The summed E-state index contributed by atoms with van der Waals surface area (Å²) in [6.45, 7) is 1.52. The van der Waals surface area contributed by atoms with Crippen LogP contribution >= 0.6 is 23.2 Å². The molecule has 1 aliphatic rings. The highest BCUT2D eigenvalue weighted by atomic mass is 35.5. The number of carbonyl (C=O) groups is 1. The zero-order chi connectivity index (χ0) is 20.6. The molecule has 0 radical (unpaired) electrons. The summed E-state index contributed by atoms with van der Waals surface area (Å²) in [7, 11) is 1.56. The van der Waals surface area contributed by atoms with Crippen molar-refractivity contribution in [1.29, 1.82) is 0 Å². The van der Waals surface area contributed by atoms with Gasteiger partial charge in [-0.2, -0.15) is 0 Å². The molecule has 2 aromatic carbocycles. The van der Waals surface area contributed by atoms with E-state index in [0.29, 0.717) is 33.7 Å². The van der Waals surface area contributed by atoms with Gasteiger partial charge >= 0.3 is 0 Å². The van der Waals surface area contributed by atoms with Gasteiger partial charge in [-0.25, -0.2) is 0 Å². The van der Waals surface area contributed by atoms with Gasteiger partial charge in [0.1, 0.15) is 6.61 Å². The van der Waals surface area contributed by atoms with Gasteiger partial charge < -0.3 is 19.5 Å². The van der Waals surface area contributed by atoms with Crippen molar-refractivity contribution < 1.29 is 19.0 Å². The molecule has 1 aliphatic heterocycles. The third-order valence-electron chi connectivity index (χ3n) is 4.58. The Morgan fingerprint density at radius 2 is 2.03 bits per heavy atom. The van der Waals surface area contributed by atoms with E-state index in [4.69, 9.17) is 37.4 Å². The second-order valence-corrected chi connectivity index (χ2v) is 7.43. The lowest BCUT2D eigenvalue weighted by Crippen LogP contribution is -2.30. The van der Waals surface area contributed by atoms with Crippen molar-refractivity contribution in [2.75, 3.05) is 20.3 Å². The Labute approximate surface area is 180 Å². The average Bonchev–Trinajstić information content (AvgIpc) is 3.24. The lowest BCUT2D eigenvalue weighted by Gasteiger charge is -2.13. The molecule has 3 rings (SSSR count). The van der Waals surface area contributed by atoms with Crippen molar-refractivity contribution in [3.05, 3.63) is 63.6 Å². The Hall–Kier alpha value is -2.21. The fourth-order valence-electron chi connectivity index (χ4n) is 2.98. The Morgan fingerprint density at radius 3 is 2.72 bits per heavy atom.